The van der Waals surface area contributed by atoms with Crippen LogP contribution in [0.3, 0.4) is 0 Å². The van der Waals surface area contributed by atoms with Gasteiger partial charge in [-0.05, 0) is 53.4 Å². The second-order valence-electron chi connectivity index (χ2n) is 8.65. The number of aliphatic hydroxyl groups excluding tert-OH is 1. The summed E-state index contributed by atoms with van der Waals surface area (Å²) in [6.07, 6.45) is 1.58. The van der Waals surface area contributed by atoms with Gasteiger partial charge in [-0.2, -0.15) is 0 Å². The van der Waals surface area contributed by atoms with Crippen molar-refractivity contribution in [2.24, 2.45) is 11.7 Å². The Labute approximate surface area is 139 Å². The molecule has 2 aliphatic rings. The molecule has 0 aromatic rings. The number of amides is 2. The standard InChI is InChI=1S/C17H31N3O3/c1-16(2,3)20-13(22)8-11(14(20)15(18)23)9-17(4,5)19-7-6-12(21)10-19/h11-12,14,21H,6-10H2,1-5H3,(H2,18,23). The third kappa shape index (κ3) is 3.69. The molecule has 3 unspecified atom stereocenters. The Balaban J connectivity index is 2.18. The SMILES string of the molecule is CC(C)(C)N1C(=O)CC(CC(C)(C)N2CCC(O)C2)C1C(N)=O. The highest BCUT2D eigenvalue weighted by Crippen LogP contribution is 2.38. The van der Waals surface area contributed by atoms with E-state index < -0.39 is 17.5 Å². The van der Waals surface area contributed by atoms with E-state index in [0.717, 1.165) is 13.0 Å². The highest BCUT2D eigenvalue weighted by atomic mass is 16.3. The molecule has 2 amide bonds. The minimum Gasteiger partial charge on any atom is -0.392 e. The molecule has 23 heavy (non-hydrogen) atoms. The molecule has 0 aromatic heterocycles. The van der Waals surface area contributed by atoms with Gasteiger partial charge in [0, 0.05) is 30.6 Å². The maximum Gasteiger partial charge on any atom is 0.240 e. The Hall–Kier alpha value is -1.14. The summed E-state index contributed by atoms with van der Waals surface area (Å²) >= 11 is 0. The van der Waals surface area contributed by atoms with Crippen LogP contribution in [0.5, 0.6) is 0 Å². The number of β-amino-alcohol motifs (C(OH)–C–C–N with tert-alkyl or cyclic N) is 1. The van der Waals surface area contributed by atoms with E-state index in [-0.39, 0.29) is 23.5 Å². The molecule has 2 aliphatic heterocycles. The van der Waals surface area contributed by atoms with Crippen LogP contribution in [0, 0.1) is 5.92 Å². The first-order valence-corrected chi connectivity index (χ1v) is 8.48. The van der Waals surface area contributed by atoms with Gasteiger partial charge in [0.05, 0.1) is 6.10 Å². The molecule has 2 rings (SSSR count). The maximum absolute atomic E-state index is 12.5. The fraction of sp³-hybridized carbons (Fsp3) is 0.882. The maximum atomic E-state index is 12.5. The third-order valence-electron chi connectivity index (χ3n) is 5.23. The predicted octanol–water partition coefficient (Wildman–Crippen LogP) is 0.723. The Morgan fingerprint density at radius 1 is 1.30 bits per heavy atom. The smallest absolute Gasteiger partial charge is 0.240 e. The first-order valence-electron chi connectivity index (χ1n) is 8.48. The number of rotatable bonds is 4. The average molecular weight is 325 g/mol. The lowest BCUT2D eigenvalue weighted by atomic mass is 9.84. The van der Waals surface area contributed by atoms with Crippen molar-refractivity contribution in [3.63, 3.8) is 0 Å². The van der Waals surface area contributed by atoms with Crippen LogP contribution in [0.15, 0.2) is 0 Å². The van der Waals surface area contributed by atoms with E-state index in [1.165, 1.54) is 0 Å². The van der Waals surface area contributed by atoms with Crippen molar-refractivity contribution in [1.29, 1.82) is 0 Å². The summed E-state index contributed by atoms with van der Waals surface area (Å²) in [5.41, 5.74) is 5.05. The van der Waals surface area contributed by atoms with Crippen molar-refractivity contribution in [2.75, 3.05) is 13.1 Å². The van der Waals surface area contributed by atoms with Gasteiger partial charge in [0.25, 0.3) is 0 Å². The summed E-state index contributed by atoms with van der Waals surface area (Å²) < 4.78 is 0. The van der Waals surface area contributed by atoms with Gasteiger partial charge in [-0.1, -0.05) is 0 Å². The first-order chi connectivity index (χ1) is 10.4. The average Bonchev–Trinajstić information content (AvgIpc) is 2.92. The number of nitrogens with zero attached hydrogens (tertiary/aromatic N) is 2. The predicted molar refractivity (Wildman–Crippen MR) is 88.6 cm³/mol. The first kappa shape index (κ1) is 18.2. The quantitative estimate of drug-likeness (QED) is 0.797. The summed E-state index contributed by atoms with van der Waals surface area (Å²) in [4.78, 5) is 28.4. The van der Waals surface area contributed by atoms with Gasteiger partial charge in [-0.3, -0.25) is 14.5 Å². The summed E-state index contributed by atoms with van der Waals surface area (Å²) in [6.45, 7) is 11.5. The van der Waals surface area contributed by atoms with Gasteiger partial charge < -0.3 is 15.7 Å². The molecule has 0 saturated carbocycles. The second kappa shape index (κ2) is 6.06. The van der Waals surface area contributed by atoms with E-state index in [0.29, 0.717) is 19.4 Å². The molecule has 0 radical (unpaired) electrons. The Bertz CT molecular complexity index is 484. The number of carbonyl (C=O) groups is 2. The van der Waals surface area contributed by atoms with Crippen LogP contribution < -0.4 is 5.73 Å². The zero-order valence-electron chi connectivity index (χ0n) is 15.0. The van der Waals surface area contributed by atoms with Crippen LogP contribution in [-0.4, -0.2) is 63.0 Å². The molecule has 2 heterocycles. The number of carbonyl (C=O) groups excluding carboxylic acids is 2. The van der Waals surface area contributed by atoms with Crippen LogP contribution in [-0.2, 0) is 9.59 Å². The molecule has 6 nitrogen and oxygen atoms in total. The van der Waals surface area contributed by atoms with Crippen LogP contribution >= 0.6 is 0 Å². The molecule has 6 heteroatoms. The van der Waals surface area contributed by atoms with Crippen LogP contribution in [0.4, 0.5) is 0 Å². The van der Waals surface area contributed by atoms with Gasteiger partial charge in [0.2, 0.25) is 11.8 Å². The summed E-state index contributed by atoms with van der Waals surface area (Å²) in [7, 11) is 0. The highest BCUT2D eigenvalue weighted by molar-refractivity contribution is 5.91. The summed E-state index contributed by atoms with van der Waals surface area (Å²) in [6, 6.07) is -0.547. The van der Waals surface area contributed by atoms with E-state index in [1.54, 1.807) is 4.90 Å². The molecule has 2 saturated heterocycles. The van der Waals surface area contributed by atoms with Crippen LogP contribution in [0.2, 0.25) is 0 Å². The van der Waals surface area contributed by atoms with Crippen molar-refractivity contribution >= 4 is 11.8 Å². The molecular weight excluding hydrogens is 294 g/mol. The van der Waals surface area contributed by atoms with E-state index >= 15 is 0 Å². The van der Waals surface area contributed by atoms with Gasteiger partial charge in [-0.25, -0.2) is 0 Å². The second-order valence-corrected chi connectivity index (χ2v) is 8.65. The monoisotopic (exact) mass is 325 g/mol. The minimum absolute atomic E-state index is 0.00329. The van der Waals surface area contributed by atoms with Gasteiger partial charge in [-0.15, -0.1) is 0 Å². The highest BCUT2D eigenvalue weighted by Gasteiger charge is 2.49. The lowest BCUT2D eigenvalue weighted by Gasteiger charge is -2.41. The zero-order chi connectivity index (χ0) is 17.6. The topological polar surface area (TPSA) is 86.9 Å². The molecule has 0 aromatic carbocycles. The van der Waals surface area contributed by atoms with Crippen molar-refractivity contribution < 1.29 is 14.7 Å². The van der Waals surface area contributed by atoms with Crippen LogP contribution in [0.1, 0.15) is 53.9 Å². The Morgan fingerprint density at radius 3 is 2.35 bits per heavy atom. The normalized spacial score (nSPS) is 30.3. The van der Waals surface area contributed by atoms with E-state index in [2.05, 4.69) is 18.7 Å². The molecule has 3 N–H and O–H groups in total. The van der Waals surface area contributed by atoms with Gasteiger partial charge >= 0.3 is 0 Å². The van der Waals surface area contributed by atoms with E-state index in [4.69, 9.17) is 5.73 Å². The largest absolute Gasteiger partial charge is 0.392 e. The number of likely N-dealkylation sites (tertiary alicyclic amines) is 2. The fourth-order valence-corrected chi connectivity index (χ4v) is 4.20. The number of hydrogen-bond acceptors (Lipinski definition) is 4. The van der Waals surface area contributed by atoms with Crippen LogP contribution in [0.25, 0.3) is 0 Å². The Kier molecular flexibility index (Phi) is 4.79. The number of hydrogen-bond donors (Lipinski definition) is 2. The fourth-order valence-electron chi connectivity index (χ4n) is 4.20. The van der Waals surface area contributed by atoms with Crippen molar-refractivity contribution in [3.8, 4) is 0 Å². The van der Waals surface area contributed by atoms with Crippen molar-refractivity contribution in [3.05, 3.63) is 0 Å². The number of aliphatic hydroxyl groups is 1. The lowest BCUT2D eigenvalue weighted by Crippen LogP contribution is -2.54. The third-order valence-corrected chi connectivity index (χ3v) is 5.23. The molecule has 2 fully saturated rings. The summed E-state index contributed by atoms with van der Waals surface area (Å²) in [5.74, 6) is -0.497. The molecule has 3 atom stereocenters. The minimum atomic E-state index is -0.547. The number of primary amides is 1. The molecule has 132 valence electrons. The molecule has 0 bridgehead atoms. The lowest BCUT2D eigenvalue weighted by molar-refractivity contribution is -0.139. The van der Waals surface area contributed by atoms with Gasteiger partial charge in [0.1, 0.15) is 6.04 Å². The molecule has 0 spiro atoms. The number of nitrogens with two attached hydrogens (primary N) is 1. The molecular formula is C17H31N3O3. The van der Waals surface area contributed by atoms with E-state index in [1.807, 2.05) is 20.8 Å². The van der Waals surface area contributed by atoms with Gasteiger partial charge in [0.15, 0.2) is 0 Å². The molecule has 0 aliphatic carbocycles. The zero-order valence-corrected chi connectivity index (χ0v) is 15.0. The Morgan fingerprint density at radius 2 is 1.91 bits per heavy atom. The van der Waals surface area contributed by atoms with E-state index in [9.17, 15) is 14.7 Å². The summed E-state index contributed by atoms with van der Waals surface area (Å²) in [5, 5.41) is 9.78. The van der Waals surface area contributed by atoms with Crippen molar-refractivity contribution in [2.45, 2.75) is 77.1 Å². The van der Waals surface area contributed by atoms with Crippen molar-refractivity contribution in [1.82, 2.24) is 9.80 Å².